The van der Waals surface area contributed by atoms with Crippen molar-refractivity contribution in [3.63, 3.8) is 0 Å². The number of aliphatic hydroxyl groups is 8. The molecule has 218 valence electrons. The summed E-state index contributed by atoms with van der Waals surface area (Å²) in [5, 5.41) is 69.4. The molecule has 0 aliphatic carbocycles. The maximum Gasteiger partial charge on any atom is 0.156 e. The van der Waals surface area contributed by atoms with Gasteiger partial charge in [-0.05, 0) is 33.1 Å². The molecule has 0 bridgehead atoms. The van der Waals surface area contributed by atoms with Crippen molar-refractivity contribution in [2.75, 3.05) is 13.2 Å². The van der Waals surface area contributed by atoms with Crippen molar-refractivity contribution < 1.29 is 45.6 Å². The predicted octanol–water partition coefficient (Wildman–Crippen LogP) is 2.74. The van der Waals surface area contributed by atoms with Crippen LogP contribution < -0.4 is 0 Å². The van der Waals surface area contributed by atoms with Gasteiger partial charge < -0.3 is 45.6 Å². The predicted molar refractivity (Wildman–Crippen MR) is 140 cm³/mol. The molecule has 9 nitrogen and oxygen atoms in total. The molecular weight excluding hydrogens is 456 g/mol. The number of hydrogen-bond acceptors (Lipinski definition) is 9. The summed E-state index contributed by atoms with van der Waals surface area (Å²) < 4.78 is 4.95. The number of aliphatic hydroxyl groups excluding tert-OH is 5. The molecule has 0 saturated carbocycles. The van der Waals surface area contributed by atoms with E-state index in [2.05, 4.69) is 6.92 Å². The van der Waals surface area contributed by atoms with Crippen molar-refractivity contribution in [2.45, 2.75) is 139 Å². The van der Waals surface area contributed by atoms with Gasteiger partial charge in [-0.2, -0.15) is 0 Å². The van der Waals surface area contributed by atoms with Gasteiger partial charge in [0.2, 0.25) is 0 Å². The molecule has 0 aromatic rings. The van der Waals surface area contributed by atoms with Crippen molar-refractivity contribution in [3.05, 3.63) is 0 Å². The summed E-state index contributed by atoms with van der Waals surface area (Å²) in [6.45, 7) is 20.6. The summed E-state index contributed by atoms with van der Waals surface area (Å²) in [5.74, 6) is 0. The van der Waals surface area contributed by atoms with E-state index >= 15 is 0 Å². The second kappa shape index (κ2) is 21.7. The third-order valence-electron chi connectivity index (χ3n) is 5.80. The topological polar surface area (TPSA) is 171 Å². The first-order chi connectivity index (χ1) is 15.7. The summed E-state index contributed by atoms with van der Waals surface area (Å²) >= 11 is 0. The molecule has 3 unspecified atom stereocenters. The van der Waals surface area contributed by atoms with E-state index < -0.39 is 25.0 Å². The Hall–Kier alpha value is -0.360. The minimum Gasteiger partial charge on any atom is -0.394 e. The zero-order valence-corrected chi connectivity index (χ0v) is 24.3. The van der Waals surface area contributed by atoms with Crippen LogP contribution in [0.5, 0.6) is 0 Å². The molecule has 0 aliphatic heterocycles. The fourth-order valence-corrected chi connectivity index (χ4v) is 1.61. The first-order valence-electron chi connectivity index (χ1n) is 12.7. The first kappa shape index (κ1) is 41.8. The van der Waals surface area contributed by atoms with Crippen LogP contribution >= 0.6 is 0 Å². The van der Waals surface area contributed by atoms with Crippen LogP contribution in [0, 0.1) is 16.2 Å². The molecule has 0 aromatic heterocycles. The largest absolute Gasteiger partial charge is 0.394 e. The van der Waals surface area contributed by atoms with E-state index in [4.69, 9.17) is 45.6 Å². The Labute approximate surface area is 214 Å². The fraction of sp³-hybridized carbons (Fsp3) is 1.00. The molecular formula is C26H60O9. The highest BCUT2D eigenvalue weighted by Gasteiger charge is 2.28. The minimum absolute atomic E-state index is 0.00667. The van der Waals surface area contributed by atoms with Gasteiger partial charge in [0, 0.05) is 16.2 Å². The first-order valence-corrected chi connectivity index (χ1v) is 12.7. The lowest BCUT2D eigenvalue weighted by molar-refractivity contribution is -0.133. The normalized spacial score (nSPS) is 15.3. The third-order valence-corrected chi connectivity index (χ3v) is 5.80. The van der Waals surface area contributed by atoms with E-state index in [0.717, 1.165) is 32.1 Å². The maximum atomic E-state index is 9.05. The van der Waals surface area contributed by atoms with Gasteiger partial charge in [-0.15, -0.1) is 0 Å². The third kappa shape index (κ3) is 26.5. The van der Waals surface area contributed by atoms with Gasteiger partial charge in [0.25, 0.3) is 0 Å². The van der Waals surface area contributed by atoms with E-state index in [9.17, 15) is 0 Å². The van der Waals surface area contributed by atoms with E-state index in [0.29, 0.717) is 6.61 Å². The lowest BCUT2D eigenvalue weighted by Gasteiger charge is -2.29. The van der Waals surface area contributed by atoms with Crippen LogP contribution in [-0.4, -0.2) is 85.1 Å². The minimum atomic E-state index is -1.20. The second-order valence-electron chi connectivity index (χ2n) is 11.1. The molecule has 0 aliphatic rings. The SMILES string of the molecule is CC(C)(C)C(O)O.CC(O)COC(C)CO.CCC(C)(C)C(O)O.CCCCC(C)(CC)C(O)O. The summed E-state index contributed by atoms with van der Waals surface area (Å²) in [5.41, 5.74) is -1.03. The zero-order chi connectivity index (χ0) is 29.0. The van der Waals surface area contributed by atoms with Crippen LogP contribution in [0.4, 0.5) is 0 Å². The highest BCUT2D eigenvalue weighted by Crippen LogP contribution is 2.30. The average Bonchev–Trinajstić information content (AvgIpc) is 2.76. The number of ether oxygens (including phenoxy) is 1. The van der Waals surface area contributed by atoms with E-state index in [1.165, 1.54) is 0 Å². The Morgan fingerprint density at radius 1 is 0.686 bits per heavy atom. The van der Waals surface area contributed by atoms with Gasteiger partial charge in [-0.25, -0.2) is 0 Å². The lowest BCUT2D eigenvalue weighted by Crippen LogP contribution is -2.31. The molecule has 8 N–H and O–H groups in total. The van der Waals surface area contributed by atoms with Crippen molar-refractivity contribution >= 4 is 0 Å². The Kier molecular flexibility index (Phi) is 25.9. The van der Waals surface area contributed by atoms with Crippen molar-refractivity contribution in [1.82, 2.24) is 0 Å². The molecule has 0 aromatic carbocycles. The monoisotopic (exact) mass is 516 g/mol. The van der Waals surface area contributed by atoms with Gasteiger partial charge in [0.1, 0.15) is 0 Å². The Bertz CT molecular complexity index is 447. The van der Waals surface area contributed by atoms with Gasteiger partial charge >= 0.3 is 0 Å². The van der Waals surface area contributed by atoms with Gasteiger partial charge in [-0.1, -0.05) is 75.2 Å². The molecule has 0 spiro atoms. The van der Waals surface area contributed by atoms with E-state index in [-0.39, 0.29) is 29.0 Å². The van der Waals surface area contributed by atoms with Crippen LogP contribution in [0.1, 0.15) is 108 Å². The second-order valence-corrected chi connectivity index (χ2v) is 11.1. The molecule has 0 radical (unpaired) electrons. The molecule has 0 amide bonds. The highest BCUT2D eigenvalue weighted by molar-refractivity contribution is 4.74. The van der Waals surface area contributed by atoms with Crippen LogP contribution in [0.2, 0.25) is 0 Å². The van der Waals surface area contributed by atoms with Crippen LogP contribution in [-0.2, 0) is 4.74 Å². The summed E-state index contributed by atoms with van der Waals surface area (Å²) in [7, 11) is 0. The van der Waals surface area contributed by atoms with Crippen molar-refractivity contribution in [2.24, 2.45) is 16.2 Å². The quantitative estimate of drug-likeness (QED) is 0.192. The molecule has 3 atom stereocenters. The standard InChI is InChI=1S/C9H20O2.C6H14O3.C6H14O2.C5H12O2/c1-4-6-7-9(3,5-2)8(10)11;1-5(8)4-9-6(2)3-7;1-4-6(2,3)5(7)8;1-5(2,3)4(6)7/h8,10-11H,4-7H2,1-3H3;5-8H,3-4H2,1-2H3;5,7-8H,4H2,1-3H3;4,6-7H,1-3H3. The molecule has 0 saturated heterocycles. The molecule has 0 fully saturated rings. The van der Waals surface area contributed by atoms with Crippen molar-refractivity contribution in [3.8, 4) is 0 Å². The van der Waals surface area contributed by atoms with E-state index in [1.54, 1.807) is 34.6 Å². The van der Waals surface area contributed by atoms with E-state index in [1.807, 2.05) is 34.6 Å². The Morgan fingerprint density at radius 2 is 1.11 bits per heavy atom. The fourth-order valence-electron chi connectivity index (χ4n) is 1.61. The average molecular weight is 517 g/mol. The maximum absolute atomic E-state index is 9.05. The number of rotatable bonds is 11. The van der Waals surface area contributed by atoms with Crippen molar-refractivity contribution in [1.29, 1.82) is 0 Å². The summed E-state index contributed by atoms with van der Waals surface area (Å²) in [4.78, 5) is 0. The Balaban J connectivity index is -0.000000186. The zero-order valence-electron chi connectivity index (χ0n) is 24.3. The molecule has 0 rings (SSSR count). The summed E-state index contributed by atoms with van der Waals surface area (Å²) in [6.07, 6.45) is 0.523. The summed E-state index contributed by atoms with van der Waals surface area (Å²) in [6, 6.07) is 0. The smallest absolute Gasteiger partial charge is 0.156 e. The molecule has 9 heteroatoms. The highest BCUT2D eigenvalue weighted by atomic mass is 16.5. The molecule has 0 heterocycles. The number of unbranched alkanes of at least 4 members (excludes halogenated alkanes) is 1. The molecule has 35 heavy (non-hydrogen) atoms. The van der Waals surface area contributed by atoms with Gasteiger partial charge in [0.15, 0.2) is 18.9 Å². The number of hydrogen-bond donors (Lipinski definition) is 8. The van der Waals surface area contributed by atoms with Crippen LogP contribution in [0.15, 0.2) is 0 Å². The van der Waals surface area contributed by atoms with Gasteiger partial charge in [-0.3, -0.25) is 0 Å². The van der Waals surface area contributed by atoms with Crippen LogP contribution in [0.3, 0.4) is 0 Å². The van der Waals surface area contributed by atoms with Crippen LogP contribution in [0.25, 0.3) is 0 Å². The lowest BCUT2D eigenvalue weighted by atomic mass is 9.82. The Morgan fingerprint density at radius 3 is 1.29 bits per heavy atom. The van der Waals surface area contributed by atoms with Gasteiger partial charge in [0.05, 0.1) is 25.4 Å².